The Morgan fingerprint density at radius 1 is 1.08 bits per heavy atom. The van der Waals surface area contributed by atoms with E-state index in [2.05, 4.69) is 20.8 Å². The van der Waals surface area contributed by atoms with Gasteiger partial charge in [0.25, 0.3) is 5.91 Å². The summed E-state index contributed by atoms with van der Waals surface area (Å²) in [5.41, 5.74) is 8.27. The molecule has 3 heterocycles. The van der Waals surface area contributed by atoms with Crippen molar-refractivity contribution in [3.8, 4) is 0 Å². The molecule has 0 aliphatic rings. The molecule has 1 amide bonds. The topological polar surface area (TPSA) is 71.3 Å². The second-order valence-corrected chi connectivity index (χ2v) is 5.17. The van der Waals surface area contributed by atoms with Gasteiger partial charge in [0, 0.05) is 18.6 Å². The van der Waals surface area contributed by atoms with Crippen LogP contribution in [0.3, 0.4) is 0 Å². The molecule has 0 aliphatic heterocycles. The van der Waals surface area contributed by atoms with E-state index in [9.17, 15) is 9.18 Å². The van der Waals surface area contributed by atoms with Crippen LogP contribution in [0.25, 0.3) is 16.6 Å². The van der Waals surface area contributed by atoms with Gasteiger partial charge in [-0.1, -0.05) is 6.07 Å². The van der Waals surface area contributed by atoms with Gasteiger partial charge in [0.2, 0.25) is 0 Å². The molecule has 2 N–H and O–H groups in total. The lowest BCUT2D eigenvalue weighted by Crippen LogP contribution is -2.29. The maximum absolute atomic E-state index is 13.7. The monoisotopic (exact) mass is 357 g/mol. The Hall–Kier alpha value is -3.19. The Bertz CT molecular complexity index is 1050. The van der Waals surface area contributed by atoms with Gasteiger partial charge >= 0.3 is 0 Å². The number of halogens is 2. The summed E-state index contributed by atoms with van der Waals surface area (Å²) in [6, 6.07) is 10.2. The van der Waals surface area contributed by atoms with Crippen molar-refractivity contribution in [3.63, 3.8) is 0 Å². The highest BCUT2D eigenvalue weighted by molar-refractivity contribution is 5.96. The van der Waals surface area contributed by atoms with Crippen LogP contribution in [0.1, 0.15) is 10.4 Å². The van der Waals surface area contributed by atoms with Crippen LogP contribution in [0.4, 0.5) is 10.1 Å². The van der Waals surface area contributed by atoms with Gasteiger partial charge < -0.3 is 4.40 Å². The van der Waals surface area contributed by atoms with Gasteiger partial charge in [-0.3, -0.25) is 25.6 Å². The number of para-hydroxylation sites is 1. The molecular formula is C17H13ClFN5O. The van der Waals surface area contributed by atoms with Crippen LogP contribution in [0.5, 0.6) is 0 Å². The maximum atomic E-state index is 13.7. The Morgan fingerprint density at radius 2 is 1.96 bits per heavy atom. The third-order valence-electron chi connectivity index (χ3n) is 3.70. The smallest absolute Gasteiger partial charge is 0.271 e. The third kappa shape index (κ3) is 2.97. The molecule has 126 valence electrons. The maximum Gasteiger partial charge on any atom is 0.271 e. The lowest BCUT2D eigenvalue weighted by atomic mass is 10.2. The van der Waals surface area contributed by atoms with Gasteiger partial charge in [-0.05, 0) is 30.3 Å². The van der Waals surface area contributed by atoms with E-state index in [1.165, 1.54) is 18.5 Å². The van der Waals surface area contributed by atoms with Crippen molar-refractivity contribution in [3.05, 3.63) is 72.6 Å². The summed E-state index contributed by atoms with van der Waals surface area (Å²) >= 11 is 0. The minimum atomic E-state index is -0.326. The fraction of sp³-hybridized carbons (Fsp3) is 0. The zero-order valence-corrected chi connectivity index (χ0v) is 13.6. The average Bonchev–Trinajstić information content (AvgIpc) is 3.02. The highest BCUT2D eigenvalue weighted by atomic mass is 35.5. The summed E-state index contributed by atoms with van der Waals surface area (Å²) in [4.78, 5) is 20.3. The van der Waals surface area contributed by atoms with E-state index in [4.69, 9.17) is 0 Å². The first-order valence-electron chi connectivity index (χ1n) is 7.25. The largest absolute Gasteiger partial charge is 0.311 e. The van der Waals surface area contributed by atoms with Crippen LogP contribution in [-0.2, 0) is 0 Å². The Labute approximate surface area is 148 Å². The molecule has 0 unspecified atom stereocenters. The second kappa shape index (κ2) is 6.74. The molecular weight excluding hydrogens is 345 g/mol. The highest BCUT2D eigenvalue weighted by Gasteiger charge is 2.10. The molecule has 6 nitrogen and oxygen atoms in total. The molecule has 3 aromatic heterocycles. The van der Waals surface area contributed by atoms with Gasteiger partial charge in [-0.25, -0.2) is 4.39 Å². The molecule has 1 aromatic carbocycles. The molecule has 4 rings (SSSR count). The van der Waals surface area contributed by atoms with Gasteiger partial charge in [-0.2, -0.15) is 0 Å². The summed E-state index contributed by atoms with van der Waals surface area (Å²) < 4.78 is 15.4. The van der Waals surface area contributed by atoms with Crippen molar-refractivity contribution in [1.82, 2.24) is 19.8 Å². The van der Waals surface area contributed by atoms with E-state index in [0.29, 0.717) is 22.3 Å². The molecule has 0 fully saturated rings. The Kier molecular flexibility index (Phi) is 4.49. The van der Waals surface area contributed by atoms with Crippen molar-refractivity contribution in [2.45, 2.75) is 0 Å². The molecule has 25 heavy (non-hydrogen) atoms. The van der Waals surface area contributed by atoms with Crippen molar-refractivity contribution in [2.75, 3.05) is 5.43 Å². The summed E-state index contributed by atoms with van der Waals surface area (Å²) in [6.07, 6.45) is 6.18. The Balaban J connectivity index is 0.00000182. The molecule has 4 aromatic rings. The standard InChI is InChI=1S/C17H12FN5O.ClH/c18-12-6-8-23-14-5-1-4-13(16(14)20-10-15(12)23)21-22-17(24)11-3-2-7-19-9-11;/h1-10,21H,(H,22,24);1H. The van der Waals surface area contributed by atoms with E-state index < -0.39 is 0 Å². The number of carbonyl (C=O) groups excluding carboxylic acids is 1. The summed E-state index contributed by atoms with van der Waals surface area (Å²) in [5, 5.41) is 0. The molecule has 0 radical (unpaired) electrons. The molecule has 0 saturated heterocycles. The number of rotatable bonds is 3. The minimum Gasteiger partial charge on any atom is -0.311 e. The van der Waals surface area contributed by atoms with Crippen LogP contribution in [-0.4, -0.2) is 20.3 Å². The van der Waals surface area contributed by atoms with Gasteiger partial charge in [0.15, 0.2) is 0 Å². The predicted octanol–water partition coefficient (Wildman–Crippen LogP) is 3.20. The van der Waals surface area contributed by atoms with E-state index >= 15 is 0 Å². The first-order valence-corrected chi connectivity index (χ1v) is 7.25. The number of anilines is 1. The van der Waals surface area contributed by atoms with Gasteiger partial charge in [0.1, 0.15) is 16.9 Å². The number of nitrogens with one attached hydrogen (secondary N) is 2. The van der Waals surface area contributed by atoms with Gasteiger partial charge in [-0.15, -0.1) is 12.4 Å². The van der Waals surface area contributed by atoms with Crippen molar-refractivity contribution in [2.24, 2.45) is 0 Å². The normalized spacial score (nSPS) is 10.4. The van der Waals surface area contributed by atoms with Crippen LogP contribution >= 0.6 is 12.4 Å². The number of amides is 1. The van der Waals surface area contributed by atoms with Crippen molar-refractivity contribution < 1.29 is 9.18 Å². The number of carbonyl (C=O) groups is 1. The molecule has 0 spiro atoms. The fourth-order valence-electron chi connectivity index (χ4n) is 2.54. The first-order chi connectivity index (χ1) is 11.7. The van der Waals surface area contributed by atoms with Crippen molar-refractivity contribution >= 4 is 40.6 Å². The van der Waals surface area contributed by atoms with Crippen LogP contribution in [0, 0.1) is 5.82 Å². The summed E-state index contributed by atoms with van der Waals surface area (Å²) in [5.74, 6) is -0.638. The fourth-order valence-corrected chi connectivity index (χ4v) is 2.54. The molecule has 0 saturated carbocycles. The number of nitrogens with zero attached hydrogens (tertiary/aromatic N) is 3. The number of benzene rings is 1. The molecule has 0 bridgehead atoms. The highest BCUT2D eigenvalue weighted by Crippen LogP contribution is 2.23. The van der Waals surface area contributed by atoms with E-state index in [1.54, 1.807) is 41.1 Å². The quantitative estimate of drug-likeness (QED) is 0.552. The molecule has 0 atom stereocenters. The molecule has 8 heteroatoms. The lowest BCUT2D eigenvalue weighted by molar-refractivity contribution is 0.0962. The summed E-state index contributed by atoms with van der Waals surface area (Å²) in [6.45, 7) is 0. The van der Waals surface area contributed by atoms with Crippen LogP contribution in [0.15, 0.2) is 61.2 Å². The zero-order valence-electron chi connectivity index (χ0n) is 12.8. The number of hydrogen-bond donors (Lipinski definition) is 2. The third-order valence-corrected chi connectivity index (χ3v) is 3.70. The lowest BCUT2D eigenvalue weighted by Gasteiger charge is -2.11. The zero-order chi connectivity index (χ0) is 16.5. The average molecular weight is 358 g/mol. The van der Waals surface area contributed by atoms with Crippen molar-refractivity contribution in [1.29, 1.82) is 0 Å². The predicted molar refractivity (Wildman–Crippen MR) is 95.2 cm³/mol. The number of hydrogen-bond acceptors (Lipinski definition) is 4. The number of hydrazine groups is 1. The number of fused-ring (bicyclic) bond motifs is 3. The molecule has 0 aliphatic carbocycles. The number of aromatic nitrogens is 3. The van der Waals surface area contributed by atoms with Crippen LogP contribution in [0.2, 0.25) is 0 Å². The second-order valence-electron chi connectivity index (χ2n) is 5.17. The first kappa shape index (κ1) is 16.7. The SMILES string of the molecule is Cl.O=C(NNc1cccc2c1ncc1c(F)ccn12)c1cccnc1. The van der Waals surface area contributed by atoms with Gasteiger partial charge in [0.05, 0.1) is 23.0 Å². The van der Waals surface area contributed by atoms with Crippen LogP contribution < -0.4 is 10.9 Å². The Morgan fingerprint density at radius 3 is 2.76 bits per heavy atom. The van der Waals surface area contributed by atoms with E-state index in [0.717, 1.165) is 5.52 Å². The minimum absolute atomic E-state index is 0. The van der Waals surface area contributed by atoms with E-state index in [1.807, 2.05) is 6.07 Å². The van der Waals surface area contributed by atoms with E-state index in [-0.39, 0.29) is 24.1 Å². The summed E-state index contributed by atoms with van der Waals surface area (Å²) in [7, 11) is 0. The number of pyridine rings is 1.